The highest BCUT2D eigenvalue weighted by molar-refractivity contribution is 7.91. The monoisotopic (exact) mass is 512 g/mol. The number of hydrogen-bond acceptors (Lipinski definition) is 5. The molecular weight excluding hydrogens is 487 g/mol. The average Bonchev–Trinajstić information content (AvgIpc) is 3.09. The second kappa shape index (κ2) is 9.06. The summed E-state index contributed by atoms with van der Waals surface area (Å²) < 4.78 is 29.7. The molecule has 3 heterocycles. The van der Waals surface area contributed by atoms with Gasteiger partial charge in [-0.25, -0.2) is 8.42 Å². The van der Waals surface area contributed by atoms with E-state index in [9.17, 15) is 18.0 Å². The summed E-state index contributed by atoms with van der Waals surface area (Å²) in [6.45, 7) is 4.22. The number of benzene rings is 1. The van der Waals surface area contributed by atoms with Crippen LogP contribution < -0.4 is 5.56 Å². The molecule has 1 amide bonds. The summed E-state index contributed by atoms with van der Waals surface area (Å²) in [4.78, 5) is 30.4. The first-order valence-corrected chi connectivity index (χ1v) is 13.3. The van der Waals surface area contributed by atoms with Crippen LogP contribution in [0, 0.1) is 19.8 Å². The van der Waals surface area contributed by atoms with Crippen molar-refractivity contribution in [2.24, 2.45) is 5.92 Å². The van der Waals surface area contributed by atoms with E-state index in [0.29, 0.717) is 46.7 Å². The first-order valence-electron chi connectivity index (χ1n) is 10.7. The lowest BCUT2D eigenvalue weighted by Crippen LogP contribution is -2.39. The van der Waals surface area contributed by atoms with Crippen LogP contribution in [-0.2, 0) is 27.5 Å². The Labute approximate surface area is 203 Å². The van der Waals surface area contributed by atoms with Gasteiger partial charge in [0.25, 0.3) is 11.5 Å². The van der Waals surface area contributed by atoms with Crippen molar-refractivity contribution < 1.29 is 17.9 Å². The number of methoxy groups -OCH3 is 1. The molecule has 1 aromatic carbocycles. The van der Waals surface area contributed by atoms with Crippen LogP contribution in [0.15, 0.2) is 16.9 Å². The number of ether oxygens (including phenoxy) is 1. The number of sulfone groups is 1. The van der Waals surface area contributed by atoms with E-state index in [2.05, 4.69) is 4.98 Å². The predicted octanol–water partition coefficient (Wildman–Crippen LogP) is 3.62. The number of rotatable bonds is 5. The molecule has 2 aliphatic heterocycles. The van der Waals surface area contributed by atoms with Crippen LogP contribution in [0.1, 0.15) is 50.8 Å². The Kier molecular flexibility index (Phi) is 6.66. The fourth-order valence-corrected chi connectivity index (χ4v) is 7.41. The summed E-state index contributed by atoms with van der Waals surface area (Å²) >= 11 is 13.3. The van der Waals surface area contributed by atoms with Crippen molar-refractivity contribution in [3.8, 4) is 0 Å². The van der Waals surface area contributed by atoms with Gasteiger partial charge in [-0.2, -0.15) is 0 Å². The first-order chi connectivity index (χ1) is 15.5. The molecule has 2 aliphatic rings. The Morgan fingerprint density at radius 1 is 1.24 bits per heavy atom. The van der Waals surface area contributed by atoms with E-state index in [1.807, 2.05) is 19.9 Å². The Bertz CT molecular complexity index is 1290. The Morgan fingerprint density at radius 3 is 2.58 bits per heavy atom. The van der Waals surface area contributed by atoms with Gasteiger partial charge in [-0.1, -0.05) is 23.2 Å². The van der Waals surface area contributed by atoms with E-state index in [4.69, 9.17) is 27.9 Å². The molecule has 178 valence electrons. The lowest BCUT2D eigenvalue weighted by molar-refractivity contribution is 0.0601. The number of aryl methyl sites for hydroxylation is 2. The zero-order chi connectivity index (χ0) is 24.1. The van der Waals surface area contributed by atoms with Crippen LogP contribution in [-0.4, -0.2) is 49.4 Å². The van der Waals surface area contributed by atoms with Crippen molar-refractivity contribution >= 4 is 38.9 Å². The zero-order valence-electron chi connectivity index (χ0n) is 18.7. The number of carbonyl (C=O) groups is 1. The summed E-state index contributed by atoms with van der Waals surface area (Å²) in [6.07, 6.45) is 0.363. The maximum absolute atomic E-state index is 13.5. The number of nitrogens with zero attached hydrogens (tertiary/aromatic N) is 1. The number of hydrogen-bond donors (Lipinski definition) is 1. The molecule has 1 fully saturated rings. The fourth-order valence-electron chi connectivity index (χ4n) is 4.92. The third-order valence-corrected chi connectivity index (χ3v) is 9.12. The minimum absolute atomic E-state index is 0.00604. The Hall–Kier alpha value is -1.87. The average molecular weight is 513 g/mol. The molecule has 0 spiro atoms. The number of pyridine rings is 1. The zero-order valence-corrected chi connectivity index (χ0v) is 21.0. The number of amides is 1. The number of aromatic nitrogens is 1. The van der Waals surface area contributed by atoms with E-state index < -0.39 is 15.9 Å². The number of halogens is 2. The number of carbonyl (C=O) groups excluding carboxylic acids is 1. The van der Waals surface area contributed by atoms with Crippen LogP contribution in [0.25, 0.3) is 0 Å². The van der Waals surface area contributed by atoms with Crippen molar-refractivity contribution in [2.45, 2.75) is 39.3 Å². The van der Waals surface area contributed by atoms with Gasteiger partial charge in [-0.15, -0.1) is 0 Å². The second-order valence-electron chi connectivity index (χ2n) is 8.85. The predicted molar refractivity (Wildman–Crippen MR) is 128 cm³/mol. The van der Waals surface area contributed by atoms with E-state index in [1.54, 1.807) is 11.0 Å². The summed E-state index contributed by atoms with van der Waals surface area (Å²) in [5.41, 5.74) is 3.37. The molecule has 0 radical (unpaired) electrons. The molecule has 2 atom stereocenters. The summed E-state index contributed by atoms with van der Waals surface area (Å²) in [7, 11) is -1.63. The standard InChI is InChI=1S/C23H26Cl2N2O5S/c1-12-8-13(2)26-22(28)17(12)10-27-6-4-15-18(24)9-16(20(25)19(15)23(27)29)21(32-3)14-5-7-33(30,31)11-14/h8-9,14,21H,4-7,10-11H2,1-3H3,(H,26,28). The van der Waals surface area contributed by atoms with E-state index in [1.165, 1.54) is 7.11 Å². The van der Waals surface area contributed by atoms with Crippen LogP contribution in [0.5, 0.6) is 0 Å². The first kappa shape index (κ1) is 24.3. The van der Waals surface area contributed by atoms with E-state index in [0.717, 1.165) is 11.3 Å². The van der Waals surface area contributed by atoms with Gasteiger partial charge in [0, 0.05) is 41.4 Å². The largest absolute Gasteiger partial charge is 0.376 e. The van der Waals surface area contributed by atoms with Crippen molar-refractivity contribution in [3.63, 3.8) is 0 Å². The molecule has 2 unspecified atom stereocenters. The number of H-pyrrole nitrogens is 1. The Morgan fingerprint density at radius 2 is 1.97 bits per heavy atom. The Balaban J connectivity index is 1.71. The van der Waals surface area contributed by atoms with Gasteiger partial charge in [-0.3, -0.25) is 9.59 Å². The van der Waals surface area contributed by atoms with Gasteiger partial charge in [0.1, 0.15) is 0 Å². The van der Waals surface area contributed by atoms with Gasteiger partial charge in [0.15, 0.2) is 9.84 Å². The molecule has 0 bridgehead atoms. The second-order valence-corrected chi connectivity index (χ2v) is 11.9. The molecular formula is C23H26Cl2N2O5S. The molecule has 33 heavy (non-hydrogen) atoms. The summed E-state index contributed by atoms with van der Waals surface area (Å²) in [5.74, 6) is -0.467. The summed E-state index contributed by atoms with van der Waals surface area (Å²) in [6, 6.07) is 3.57. The minimum Gasteiger partial charge on any atom is -0.376 e. The van der Waals surface area contributed by atoms with Crippen molar-refractivity contribution in [2.75, 3.05) is 25.2 Å². The highest BCUT2D eigenvalue weighted by Gasteiger charge is 2.38. The number of nitrogens with one attached hydrogen (secondary N) is 1. The van der Waals surface area contributed by atoms with Gasteiger partial charge < -0.3 is 14.6 Å². The van der Waals surface area contributed by atoms with Crippen molar-refractivity contribution in [1.29, 1.82) is 0 Å². The molecule has 0 aliphatic carbocycles. The fraction of sp³-hybridized carbons (Fsp3) is 0.478. The smallest absolute Gasteiger partial charge is 0.256 e. The highest BCUT2D eigenvalue weighted by Crippen LogP contribution is 2.42. The number of aromatic amines is 1. The van der Waals surface area contributed by atoms with Crippen molar-refractivity contribution in [3.05, 3.63) is 66.0 Å². The maximum Gasteiger partial charge on any atom is 0.256 e. The normalized spacial score (nSPS) is 20.7. The van der Waals surface area contributed by atoms with Gasteiger partial charge in [0.05, 0.1) is 34.7 Å². The van der Waals surface area contributed by atoms with E-state index in [-0.39, 0.29) is 40.5 Å². The topological polar surface area (TPSA) is 96.5 Å². The minimum atomic E-state index is -3.13. The molecule has 4 rings (SSSR count). The lowest BCUT2D eigenvalue weighted by Gasteiger charge is -2.32. The van der Waals surface area contributed by atoms with Crippen LogP contribution in [0.4, 0.5) is 0 Å². The van der Waals surface area contributed by atoms with Crippen LogP contribution in [0.2, 0.25) is 10.0 Å². The SMILES string of the molecule is COC(c1cc(Cl)c2c(c1Cl)C(=O)N(Cc1c(C)cc(C)[nH]c1=O)CC2)C1CCS(=O)(=O)C1. The van der Waals surface area contributed by atoms with Crippen molar-refractivity contribution in [1.82, 2.24) is 9.88 Å². The van der Waals surface area contributed by atoms with Gasteiger partial charge in [0.2, 0.25) is 0 Å². The lowest BCUT2D eigenvalue weighted by atomic mass is 9.89. The van der Waals surface area contributed by atoms with Crippen LogP contribution in [0.3, 0.4) is 0 Å². The molecule has 1 N–H and O–H groups in total. The summed E-state index contributed by atoms with van der Waals surface area (Å²) in [5, 5.41) is 0.638. The van der Waals surface area contributed by atoms with Gasteiger partial charge >= 0.3 is 0 Å². The molecule has 10 heteroatoms. The molecule has 0 saturated carbocycles. The molecule has 2 aromatic rings. The van der Waals surface area contributed by atoms with Crippen LogP contribution >= 0.6 is 23.2 Å². The molecule has 1 aromatic heterocycles. The molecule has 7 nitrogen and oxygen atoms in total. The molecule has 1 saturated heterocycles. The number of fused-ring (bicyclic) bond motifs is 1. The maximum atomic E-state index is 13.5. The highest BCUT2D eigenvalue weighted by atomic mass is 35.5. The third-order valence-electron chi connectivity index (χ3n) is 6.58. The van der Waals surface area contributed by atoms with Gasteiger partial charge in [-0.05, 0) is 49.9 Å². The third kappa shape index (κ3) is 4.58. The quantitative estimate of drug-likeness (QED) is 0.659. The van der Waals surface area contributed by atoms with E-state index >= 15 is 0 Å².